The fraction of sp³-hybridized carbons (Fsp3) is 0.519. The predicted octanol–water partition coefficient (Wildman–Crippen LogP) is 3.26. The SMILES string of the molecule is Cn1cc(-c2cc3n(n2)CCC(=O)N3CC(=O)N2CCN(C3CCCCC3)CC2)c2ccccc21. The van der Waals surface area contributed by atoms with Gasteiger partial charge >= 0.3 is 0 Å². The number of rotatable bonds is 4. The first-order valence-corrected chi connectivity index (χ1v) is 13.0. The van der Waals surface area contributed by atoms with Gasteiger partial charge in [0.2, 0.25) is 11.8 Å². The summed E-state index contributed by atoms with van der Waals surface area (Å²) in [5.41, 5.74) is 3.02. The lowest BCUT2D eigenvalue weighted by molar-refractivity contribution is -0.133. The molecule has 3 aromatic rings. The normalized spacial score (nSPS) is 20.0. The van der Waals surface area contributed by atoms with Crippen LogP contribution < -0.4 is 4.90 Å². The van der Waals surface area contributed by atoms with Crippen molar-refractivity contribution in [2.45, 2.75) is 51.1 Å². The second kappa shape index (κ2) is 9.15. The zero-order valence-electron chi connectivity index (χ0n) is 20.5. The average molecular weight is 475 g/mol. The van der Waals surface area contributed by atoms with Crippen LogP contribution in [0.15, 0.2) is 36.5 Å². The molecule has 0 bridgehead atoms. The summed E-state index contributed by atoms with van der Waals surface area (Å²) in [4.78, 5) is 32.3. The van der Waals surface area contributed by atoms with E-state index >= 15 is 0 Å². The molecule has 2 fully saturated rings. The Hall–Kier alpha value is -3.13. The molecular formula is C27H34N6O2. The monoisotopic (exact) mass is 474 g/mol. The van der Waals surface area contributed by atoms with Gasteiger partial charge in [-0.1, -0.05) is 37.5 Å². The van der Waals surface area contributed by atoms with Gasteiger partial charge in [-0.2, -0.15) is 5.10 Å². The van der Waals surface area contributed by atoms with Gasteiger partial charge in [0.05, 0.1) is 12.2 Å². The number of fused-ring (bicyclic) bond motifs is 2. The Morgan fingerprint density at radius 1 is 1.03 bits per heavy atom. The van der Waals surface area contributed by atoms with Crippen LogP contribution in [0.2, 0.25) is 0 Å². The minimum Gasteiger partial charge on any atom is -0.350 e. The number of anilines is 1. The molecule has 0 unspecified atom stereocenters. The first-order chi connectivity index (χ1) is 17.1. The zero-order chi connectivity index (χ0) is 23.9. The highest BCUT2D eigenvalue weighted by Crippen LogP contribution is 2.33. The number of amides is 2. The Bertz CT molecular complexity index is 1250. The van der Waals surface area contributed by atoms with Crippen LogP contribution in [0.1, 0.15) is 38.5 Å². The third-order valence-electron chi connectivity index (χ3n) is 8.10. The minimum absolute atomic E-state index is 0.00365. The highest BCUT2D eigenvalue weighted by molar-refractivity contribution is 6.00. The average Bonchev–Trinajstić information content (AvgIpc) is 3.48. The van der Waals surface area contributed by atoms with Crippen molar-refractivity contribution in [3.05, 3.63) is 36.5 Å². The highest BCUT2D eigenvalue weighted by Gasteiger charge is 2.32. The number of carbonyl (C=O) groups is 2. The molecule has 2 aliphatic heterocycles. The third kappa shape index (κ3) is 4.14. The summed E-state index contributed by atoms with van der Waals surface area (Å²) in [5, 5.41) is 5.96. The topological polar surface area (TPSA) is 66.6 Å². The van der Waals surface area contributed by atoms with Crippen molar-refractivity contribution >= 4 is 28.5 Å². The quantitative estimate of drug-likeness (QED) is 0.582. The van der Waals surface area contributed by atoms with E-state index < -0.39 is 0 Å². The molecule has 8 heteroatoms. The van der Waals surface area contributed by atoms with E-state index in [9.17, 15) is 9.59 Å². The van der Waals surface area contributed by atoms with Crippen molar-refractivity contribution in [1.82, 2.24) is 24.1 Å². The Morgan fingerprint density at radius 2 is 1.80 bits per heavy atom. The van der Waals surface area contributed by atoms with Gasteiger partial charge in [-0.3, -0.25) is 19.4 Å². The molecule has 2 aromatic heterocycles. The van der Waals surface area contributed by atoms with Crippen molar-refractivity contribution in [3.63, 3.8) is 0 Å². The zero-order valence-corrected chi connectivity index (χ0v) is 20.5. The summed E-state index contributed by atoms with van der Waals surface area (Å²) >= 11 is 0. The van der Waals surface area contributed by atoms with Crippen molar-refractivity contribution in [1.29, 1.82) is 0 Å². The van der Waals surface area contributed by atoms with Crippen LogP contribution in [0, 0.1) is 0 Å². The molecule has 184 valence electrons. The third-order valence-corrected chi connectivity index (χ3v) is 8.10. The minimum atomic E-state index is -0.00365. The summed E-state index contributed by atoms with van der Waals surface area (Å²) in [6, 6.07) is 10.9. The van der Waals surface area contributed by atoms with E-state index in [4.69, 9.17) is 5.10 Å². The van der Waals surface area contributed by atoms with Gasteiger partial charge < -0.3 is 9.47 Å². The molecule has 3 aliphatic rings. The molecule has 1 saturated heterocycles. The number of carbonyl (C=O) groups excluding carboxylic acids is 2. The molecule has 8 nitrogen and oxygen atoms in total. The molecule has 1 aliphatic carbocycles. The molecule has 0 N–H and O–H groups in total. The van der Waals surface area contributed by atoms with Gasteiger partial charge in [0.1, 0.15) is 12.4 Å². The molecule has 4 heterocycles. The molecule has 1 aromatic carbocycles. The van der Waals surface area contributed by atoms with Crippen LogP contribution in [-0.4, -0.2) is 74.7 Å². The number of nitrogens with zero attached hydrogens (tertiary/aromatic N) is 6. The highest BCUT2D eigenvalue weighted by atomic mass is 16.2. The smallest absolute Gasteiger partial charge is 0.242 e. The lowest BCUT2D eigenvalue weighted by Gasteiger charge is -2.41. The number of aromatic nitrogens is 3. The van der Waals surface area contributed by atoms with E-state index in [0.29, 0.717) is 19.0 Å². The Balaban J connectivity index is 1.18. The standard InChI is InChI=1S/C27H34N6O2/c1-29-18-22(21-9-5-6-10-24(21)29)23-17-25-32(26(34)11-12-33(25)28-23)19-27(35)31-15-13-30(14-16-31)20-7-3-2-4-8-20/h5-6,9-10,17-18,20H,2-4,7-8,11-16,19H2,1H3. The van der Waals surface area contributed by atoms with Crippen LogP contribution >= 0.6 is 0 Å². The maximum atomic E-state index is 13.2. The first-order valence-electron chi connectivity index (χ1n) is 13.0. The largest absolute Gasteiger partial charge is 0.350 e. The lowest BCUT2D eigenvalue weighted by Crippen LogP contribution is -2.54. The van der Waals surface area contributed by atoms with Crippen LogP contribution in [0.5, 0.6) is 0 Å². The number of benzene rings is 1. The van der Waals surface area contributed by atoms with Gasteiger partial charge in [0.15, 0.2) is 0 Å². The van der Waals surface area contributed by atoms with Gasteiger partial charge in [-0.15, -0.1) is 0 Å². The summed E-state index contributed by atoms with van der Waals surface area (Å²) in [7, 11) is 2.03. The Kier molecular flexibility index (Phi) is 5.84. The number of piperazine rings is 1. The van der Waals surface area contributed by atoms with Crippen molar-refractivity contribution in [2.75, 3.05) is 37.6 Å². The van der Waals surface area contributed by atoms with Gasteiger partial charge in [0.25, 0.3) is 0 Å². The van der Waals surface area contributed by atoms with Crippen LogP contribution in [0.3, 0.4) is 0 Å². The fourth-order valence-corrected chi connectivity index (χ4v) is 6.12. The molecule has 2 amide bonds. The fourth-order valence-electron chi connectivity index (χ4n) is 6.12. The molecule has 6 rings (SSSR count). The van der Waals surface area contributed by atoms with E-state index in [1.165, 1.54) is 32.1 Å². The molecular weight excluding hydrogens is 440 g/mol. The number of para-hydroxylation sites is 1. The van der Waals surface area contributed by atoms with E-state index in [2.05, 4.69) is 27.8 Å². The predicted molar refractivity (Wildman–Crippen MR) is 136 cm³/mol. The Morgan fingerprint density at radius 3 is 2.60 bits per heavy atom. The maximum Gasteiger partial charge on any atom is 0.242 e. The first kappa shape index (κ1) is 22.3. The summed E-state index contributed by atoms with van der Waals surface area (Å²) in [5.74, 6) is 0.748. The van der Waals surface area contributed by atoms with Crippen LogP contribution in [0.25, 0.3) is 22.2 Å². The molecule has 0 radical (unpaired) electrons. The van der Waals surface area contributed by atoms with Crippen LogP contribution in [-0.2, 0) is 23.2 Å². The lowest BCUT2D eigenvalue weighted by atomic mass is 9.94. The van der Waals surface area contributed by atoms with E-state index in [-0.39, 0.29) is 18.4 Å². The van der Waals surface area contributed by atoms with E-state index in [1.807, 2.05) is 34.8 Å². The number of aryl methyl sites for hydroxylation is 2. The molecule has 0 atom stereocenters. The van der Waals surface area contributed by atoms with Crippen molar-refractivity contribution in [2.24, 2.45) is 7.05 Å². The number of hydrogen-bond acceptors (Lipinski definition) is 4. The number of hydrogen-bond donors (Lipinski definition) is 0. The molecule has 0 spiro atoms. The summed E-state index contributed by atoms with van der Waals surface area (Å²) < 4.78 is 3.98. The molecule has 35 heavy (non-hydrogen) atoms. The van der Waals surface area contributed by atoms with Gasteiger partial charge in [-0.25, -0.2) is 4.68 Å². The second-order valence-corrected chi connectivity index (χ2v) is 10.2. The van der Waals surface area contributed by atoms with Crippen LogP contribution in [0.4, 0.5) is 5.82 Å². The second-order valence-electron chi connectivity index (χ2n) is 10.2. The molecule has 1 saturated carbocycles. The van der Waals surface area contributed by atoms with E-state index in [0.717, 1.165) is 54.2 Å². The maximum absolute atomic E-state index is 13.2. The Labute approximate surface area is 206 Å². The van der Waals surface area contributed by atoms with E-state index in [1.54, 1.807) is 4.90 Å². The van der Waals surface area contributed by atoms with Gasteiger partial charge in [-0.05, 0) is 18.9 Å². The summed E-state index contributed by atoms with van der Waals surface area (Å²) in [6.07, 6.45) is 9.05. The van der Waals surface area contributed by atoms with Crippen molar-refractivity contribution in [3.8, 4) is 11.3 Å². The van der Waals surface area contributed by atoms with Crippen molar-refractivity contribution < 1.29 is 9.59 Å². The van der Waals surface area contributed by atoms with Gasteiger partial charge in [0, 0.05) is 74.4 Å². The summed E-state index contributed by atoms with van der Waals surface area (Å²) in [6.45, 7) is 4.00.